The van der Waals surface area contributed by atoms with Gasteiger partial charge in [-0.2, -0.15) is 0 Å². The lowest BCUT2D eigenvalue weighted by Crippen LogP contribution is -2.59. The number of hydrogen-bond donors (Lipinski definition) is 0. The van der Waals surface area contributed by atoms with E-state index in [0.717, 1.165) is 36.1 Å². The molecule has 0 amide bonds. The highest BCUT2D eigenvalue weighted by Crippen LogP contribution is 2.60. The fraction of sp³-hybridized carbons (Fsp3) is 0.600. The zero-order valence-electron chi connectivity index (χ0n) is 19.6. The second-order valence-corrected chi connectivity index (χ2v) is 13.6. The largest absolute Gasteiger partial charge is 0.505 e. The molecule has 1 aromatic rings. The van der Waals surface area contributed by atoms with Gasteiger partial charge in [0.25, 0.3) is 0 Å². The minimum absolute atomic E-state index is 0.0972. The van der Waals surface area contributed by atoms with E-state index in [1.54, 1.807) is 27.6 Å². The topological polar surface area (TPSA) is 46.2 Å². The number of ether oxygens (including phenoxy) is 4. The predicted molar refractivity (Wildman–Crippen MR) is 124 cm³/mol. The average molecular weight is 445 g/mol. The van der Waals surface area contributed by atoms with Crippen LogP contribution in [-0.2, 0) is 25.7 Å². The minimum Gasteiger partial charge on any atom is -0.505 e. The molecule has 3 aliphatic rings. The van der Waals surface area contributed by atoms with Gasteiger partial charge in [-0.3, -0.25) is 0 Å². The Morgan fingerprint density at radius 1 is 1.10 bits per heavy atom. The standard InChI is InChI=1S/C25H36O5Si/c1-7-31(8-2,9-3)30-21-16-17-10-12-19(27-5)23-22(17)25(14-15-26-4)18(21)11-13-20(28-6)24(25)29-23/h10-15,18,20-21,24H,7-9,16H2,1-6H3/b15-14+/t18-,20-,21+,24-,25-/m0/s1. The van der Waals surface area contributed by atoms with E-state index in [1.165, 1.54) is 11.1 Å². The lowest BCUT2D eigenvalue weighted by atomic mass is 9.57. The zero-order valence-corrected chi connectivity index (χ0v) is 20.6. The highest BCUT2D eigenvalue weighted by Gasteiger charge is 2.62. The molecule has 170 valence electrons. The predicted octanol–water partition coefficient (Wildman–Crippen LogP) is 5.00. The van der Waals surface area contributed by atoms with Crippen molar-refractivity contribution in [2.75, 3.05) is 21.3 Å². The van der Waals surface area contributed by atoms with Crippen LogP contribution in [0.4, 0.5) is 0 Å². The highest BCUT2D eigenvalue weighted by molar-refractivity contribution is 6.73. The number of hydrogen-bond acceptors (Lipinski definition) is 5. The van der Waals surface area contributed by atoms with E-state index in [2.05, 4.69) is 45.1 Å². The van der Waals surface area contributed by atoms with Crippen LogP contribution < -0.4 is 9.47 Å². The summed E-state index contributed by atoms with van der Waals surface area (Å²) < 4.78 is 30.8. The second-order valence-electron chi connectivity index (χ2n) is 8.86. The first-order chi connectivity index (χ1) is 15.0. The van der Waals surface area contributed by atoms with E-state index in [0.29, 0.717) is 0 Å². The van der Waals surface area contributed by atoms with Gasteiger partial charge in [-0.1, -0.05) is 39.0 Å². The van der Waals surface area contributed by atoms with Crippen molar-refractivity contribution in [3.63, 3.8) is 0 Å². The van der Waals surface area contributed by atoms with Crippen LogP contribution in [0.3, 0.4) is 0 Å². The second kappa shape index (κ2) is 8.64. The molecule has 0 unspecified atom stereocenters. The molecule has 0 N–H and O–H groups in total. The van der Waals surface area contributed by atoms with Gasteiger partial charge in [-0.05, 0) is 42.3 Å². The fourth-order valence-electron chi connectivity index (χ4n) is 5.96. The van der Waals surface area contributed by atoms with Crippen LogP contribution in [0.1, 0.15) is 31.9 Å². The van der Waals surface area contributed by atoms with E-state index in [9.17, 15) is 0 Å². The van der Waals surface area contributed by atoms with E-state index < -0.39 is 13.7 Å². The van der Waals surface area contributed by atoms with Crippen molar-refractivity contribution in [3.05, 3.63) is 47.7 Å². The van der Waals surface area contributed by atoms with Gasteiger partial charge in [0.05, 0.1) is 32.0 Å². The molecule has 6 heteroatoms. The molecule has 0 spiro atoms. The highest BCUT2D eigenvalue weighted by atomic mass is 28.4. The summed E-state index contributed by atoms with van der Waals surface area (Å²) in [6, 6.07) is 7.61. The summed E-state index contributed by atoms with van der Waals surface area (Å²) in [4.78, 5) is 0. The lowest BCUT2D eigenvalue weighted by molar-refractivity contribution is -0.0257. The summed E-state index contributed by atoms with van der Waals surface area (Å²) in [6.45, 7) is 6.87. The Labute approximate surface area is 187 Å². The van der Waals surface area contributed by atoms with Gasteiger partial charge in [0.2, 0.25) is 0 Å². The third kappa shape index (κ3) is 3.26. The van der Waals surface area contributed by atoms with E-state index >= 15 is 0 Å². The zero-order chi connectivity index (χ0) is 22.2. The monoisotopic (exact) mass is 444 g/mol. The Morgan fingerprint density at radius 2 is 1.84 bits per heavy atom. The van der Waals surface area contributed by atoms with Gasteiger partial charge < -0.3 is 23.4 Å². The van der Waals surface area contributed by atoms with Crippen LogP contribution in [0, 0.1) is 5.92 Å². The Bertz CT molecular complexity index is 853. The number of rotatable bonds is 9. The van der Waals surface area contributed by atoms with E-state index in [-0.39, 0.29) is 24.2 Å². The molecular weight excluding hydrogens is 408 g/mol. The molecule has 0 saturated carbocycles. The lowest BCUT2D eigenvalue weighted by Gasteiger charge is -2.50. The third-order valence-corrected chi connectivity index (χ3v) is 12.5. The molecule has 0 radical (unpaired) electrons. The van der Waals surface area contributed by atoms with Crippen molar-refractivity contribution in [2.24, 2.45) is 5.92 Å². The molecule has 0 aromatic heterocycles. The quantitative estimate of drug-likeness (QED) is 0.305. The summed E-state index contributed by atoms with van der Waals surface area (Å²) in [5.74, 6) is 1.75. The molecule has 5 nitrogen and oxygen atoms in total. The Morgan fingerprint density at radius 3 is 2.45 bits per heavy atom. The van der Waals surface area contributed by atoms with E-state index in [1.807, 2.05) is 6.07 Å². The molecule has 5 atom stereocenters. The normalized spacial score (nSPS) is 30.9. The Hall–Kier alpha value is -1.76. The maximum Gasteiger partial charge on any atom is 0.192 e. The number of methoxy groups -OCH3 is 3. The van der Waals surface area contributed by atoms with Crippen LogP contribution >= 0.6 is 0 Å². The van der Waals surface area contributed by atoms with Gasteiger partial charge in [-0.25, -0.2) is 0 Å². The van der Waals surface area contributed by atoms with Crippen molar-refractivity contribution in [2.45, 2.75) is 69.1 Å². The van der Waals surface area contributed by atoms with Crippen LogP contribution in [0.25, 0.3) is 0 Å². The molecule has 31 heavy (non-hydrogen) atoms. The molecule has 1 aliphatic heterocycles. The Balaban J connectivity index is 1.92. The first-order valence-electron chi connectivity index (χ1n) is 11.5. The van der Waals surface area contributed by atoms with Crippen molar-refractivity contribution in [1.82, 2.24) is 0 Å². The van der Waals surface area contributed by atoms with Crippen molar-refractivity contribution in [1.29, 1.82) is 0 Å². The molecule has 0 saturated heterocycles. The van der Waals surface area contributed by atoms with Gasteiger partial charge in [0.1, 0.15) is 12.2 Å². The fourth-order valence-corrected chi connectivity index (χ4v) is 8.83. The van der Waals surface area contributed by atoms with Gasteiger partial charge >= 0.3 is 0 Å². The van der Waals surface area contributed by atoms with Crippen LogP contribution in [0.5, 0.6) is 11.5 Å². The third-order valence-electron chi connectivity index (χ3n) is 7.84. The molecule has 1 heterocycles. The smallest absolute Gasteiger partial charge is 0.192 e. The molecule has 0 bridgehead atoms. The summed E-state index contributed by atoms with van der Waals surface area (Å²) in [5.41, 5.74) is 2.07. The Kier molecular flexibility index (Phi) is 6.25. The first-order valence-corrected chi connectivity index (χ1v) is 14.0. The van der Waals surface area contributed by atoms with Crippen molar-refractivity contribution < 1.29 is 23.4 Å². The summed E-state index contributed by atoms with van der Waals surface area (Å²) in [7, 11) is 3.33. The van der Waals surface area contributed by atoms with Gasteiger partial charge in [-0.15, -0.1) is 0 Å². The average Bonchev–Trinajstić information content (AvgIpc) is 3.17. The molecule has 2 aliphatic carbocycles. The van der Waals surface area contributed by atoms with E-state index in [4.69, 9.17) is 23.4 Å². The summed E-state index contributed by atoms with van der Waals surface area (Å²) >= 11 is 0. The van der Waals surface area contributed by atoms with Crippen molar-refractivity contribution in [3.8, 4) is 11.5 Å². The van der Waals surface area contributed by atoms with Gasteiger partial charge in [0.15, 0.2) is 19.8 Å². The minimum atomic E-state index is -1.80. The van der Waals surface area contributed by atoms with Crippen LogP contribution in [0.15, 0.2) is 36.6 Å². The SMILES string of the molecule is CC[Si](CC)(CC)O[C@@H]1Cc2ccc(OC)c3c2[C@]2(/C=C/OC)[C@H]1C=C[C@H](OC)[C@@H]2O3. The maximum absolute atomic E-state index is 7.14. The summed E-state index contributed by atoms with van der Waals surface area (Å²) in [6.07, 6.45) is 9.04. The van der Waals surface area contributed by atoms with Crippen molar-refractivity contribution >= 4 is 8.32 Å². The summed E-state index contributed by atoms with van der Waals surface area (Å²) in [5, 5.41) is 0. The molecular formula is C25H36O5Si. The molecule has 0 fully saturated rings. The molecule has 1 aromatic carbocycles. The first kappa shape index (κ1) is 22.4. The maximum atomic E-state index is 7.14. The van der Waals surface area contributed by atoms with Crippen LogP contribution in [-0.4, -0.2) is 48.0 Å². The van der Waals surface area contributed by atoms with Crippen LogP contribution in [0.2, 0.25) is 18.1 Å². The molecule has 4 rings (SSSR count). The van der Waals surface area contributed by atoms with Gasteiger partial charge in [0, 0.05) is 18.6 Å². The number of benzene rings is 1.